The van der Waals surface area contributed by atoms with Gasteiger partial charge < -0.3 is 31.9 Å². The lowest BCUT2D eigenvalue weighted by Crippen LogP contribution is -2.27. The lowest BCUT2D eigenvalue weighted by atomic mass is 10.8. The molecule has 0 aliphatic rings. The molecule has 0 radical (unpaired) electrons. The van der Waals surface area contributed by atoms with Crippen LogP contribution in [0.2, 0.25) is 0 Å². The third kappa shape index (κ3) is 8350. The van der Waals surface area contributed by atoms with E-state index in [-0.39, 0.29) is 27.4 Å². The van der Waals surface area contributed by atoms with E-state index in [9.17, 15) is 0 Å². The van der Waals surface area contributed by atoms with Gasteiger partial charge in [-0.2, -0.15) is 0 Å². The van der Waals surface area contributed by atoms with Crippen LogP contribution in [0.4, 0.5) is 0 Å². The van der Waals surface area contributed by atoms with Crippen molar-refractivity contribution in [2.45, 2.75) is 0 Å². The van der Waals surface area contributed by atoms with Crippen molar-refractivity contribution in [2.75, 3.05) is 28.2 Å². The molecule has 0 aromatic rings. The maximum Gasteiger partial charge on any atom is 0.0675 e. The fourth-order valence-electron chi connectivity index (χ4n) is 0. The van der Waals surface area contributed by atoms with Crippen LogP contribution in [0.3, 0.4) is 0 Å². The fourth-order valence-corrected chi connectivity index (χ4v) is 0. The minimum absolute atomic E-state index is 0. The predicted molar refractivity (Wildman–Crippen MR) is 48.4 cm³/mol. The molecule has 0 aliphatic carbocycles. The first-order valence-electron chi connectivity index (χ1n) is 2.15. The largest absolute Gasteiger partial charge is 0.412 e. The van der Waals surface area contributed by atoms with Crippen LogP contribution in [0, 0.1) is 0 Å². The number of nitrogens with zero attached hydrogens (tertiary/aromatic N) is 1. The van der Waals surface area contributed by atoms with E-state index in [4.69, 9.17) is 10.5 Å². The molecule has 0 aliphatic heterocycles. The summed E-state index contributed by atoms with van der Waals surface area (Å²) >= 11 is 0. The SMILES string of the molecule is C[N+](C)(C)C.O.O.O.O.O.OOO. The maximum atomic E-state index is 6.62. The molecule has 0 rings (SSSR count). The third-order valence-electron chi connectivity index (χ3n) is 0. The molecule has 0 spiro atoms. The van der Waals surface area contributed by atoms with Crippen LogP contribution in [-0.2, 0) is 5.04 Å². The van der Waals surface area contributed by atoms with E-state index in [1.54, 1.807) is 0 Å². The Morgan fingerprint density at radius 2 is 0.692 bits per heavy atom. The molecule has 9 heteroatoms. The lowest BCUT2D eigenvalue weighted by molar-refractivity contribution is -0.849. The third-order valence-corrected chi connectivity index (χ3v) is 0. The topological polar surface area (TPSA) is 207 Å². The van der Waals surface area contributed by atoms with Crippen molar-refractivity contribution in [1.29, 1.82) is 0 Å². The minimum atomic E-state index is 0. The molecular formula is C4H24NO8+. The van der Waals surface area contributed by atoms with Gasteiger partial charge in [-0.15, -0.1) is 0 Å². The van der Waals surface area contributed by atoms with Gasteiger partial charge >= 0.3 is 0 Å². The van der Waals surface area contributed by atoms with E-state index in [0.29, 0.717) is 0 Å². The van der Waals surface area contributed by atoms with Gasteiger partial charge in [-0.05, 0) is 0 Å². The standard InChI is InChI=1S/C4H12N.H2O3.5H2O/c1-5(2,3)4;1-3-2;;;;;/h1-4H3;1-2H;5*1H2/q+1;;;;;;. The Bertz CT molecular complexity index is 39.9. The molecule has 13 heavy (non-hydrogen) atoms. The summed E-state index contributed by atoms with van der Waals surface area (Å²) in [6.45, 7) is 0. The van der Waals surface area contributed by atoms with Gasteiger partial charge in [-0.25, -0.2) is 10.5 Å². The van der Waals surface area contributed by atoms with Gasteiger partial charge in [0.05, 0.1) is 28.2 Å². The van der Waals surface area contributed by atoms with Gasteiger partial charge in [0.15, 0.2) is 0 Å². The van der Waals surface area contributed by atoms with Crippen molar-refractivity contribution >= 4 is 0 Å². The van der Waals surface area contributed by atoms with Crippen molar-refractivity contribution in [3.8, 4) is 0 Å². The normalized spacial score (nSPS) is 6.00. The number of hydrogen-bond acceptors (Lipinski definition) is 3. The van der Waals surface area contributed by atoms with Gasteiger partial charge in [0, 0.05) is 0 Å². The molecule has 0 atom stereocenters. The molecule has 0 heterocycles. The Hall–Kier alpha value is -0.360. The average molecular weight is 214 g/mol. The molecule has 12 N–H and O–H groups in total. The summed E-state index contributed by atoms with van der Waals surface area (Å²) in [5.41, 5.74) is 0. The molecule has 9 nitrogen and oxygen atoms in total. The van der Waals surface area contributed by atoms with E-state index in [0.717, 1.165) is 4.48 Å². The Kier molecular flexibility index (Phi) is 124. The van der Waals surface area contributed by atoms with E-state index in [2.05, 4.69) is 33.2 Å². The molecule has 0 saturated carbocycles. The molecule has 0 bridgehead atoms. The summed E-state index contributed by atoms with van der Waals surface area (Å²) in [6.07, 6.45) is 0. The van der Waals surface area contributed by atoms with Crippen molar-refractivity contribution in [1.82, 2.24) is 0 Å². The van der Waals surface area contributed by atoms with E-state index in [1.165, 1.54) is 0 Å². The summed E-state index contributed by atoms with van der Waals surface area (Å²) < 4.78 is 1.00. The zero-order valence-corrected chi connectivity index (χ0v) is 8.25. The molecule has 0 amide bonds. The zero-order valence-electron chi connectivity index (χ0n) is 8.25. The number of hydrogen-bond donors (Lipinski definition) is 2. The van der Waals surface area contributed by atoms with Crippen LogP contribution >= 0.6 is 0 Å². The van der Waals surface area contributed by atoms with Gasteiger partial charge in [0.25, 0.3) is 0 Å². The van der Waals surface area contributed by atoms with Crippen LogP contribution in [-0.4, -0.2) is 70.6 Å². The first-order valence-corrected chi connectivity index (χ1v) is 2.15. The monoisotopic (exact) mass is 214 g/mol. The molecule has 0 fully saturated rings. The van der Waals surface area contributed by atoms with Gasteiger partial charge in [0.1, 0.15) is 0 Å². The van der Waals surface area contributed by atoms with Crippen LogP contribution in [0.1, 0.15) is 0 Å². The summed E-state index contributed by atoms with van der Waals surface area (Å²) in [5, 5.41) is 15.5. The molecule has 0 aromatic heterocycles. The van der Waals surface area contributed by atoms with Crippen molar-refractivity contribution < 1.29 is 47.4 Å². The van der Waals surface area contributed by atoms with E-state index < -0.39 is 0 Å². The van der Waals surface area contributed by atoms with Crippen LogP contribution in [0.25, 0.3) is 0 Å². The Balaban J connectivity index is -0.00000000840. The van der Waals surface area contributed by atoms with Gasteiger partial charge in [0.2, 0.25) is 0 Å². The first kappa shape index (κ1) is 53.8. The summed E-state index contributed by atoms with van der Waals surface area (Å²) in [4.78, 5) is 0. The molecule has 92 valence electrons. The second kappa shape index (κ2) is 29.9. The Labute approximate surface area is 76.8 Å². The van der Waals surface area contributed by atoms with Crippen LogP contribution in [0.5, 0.6) is 0 Å². The molecular weight excluding hydrogens is 190 g/mol. The Morgan fingerprint density at radius 3 is 0.692 bits per heavy atom. The maximum absolute atomic E-state index is 6.62. The first-order chi connectivity index (χ1) is 3.41. The van der Waals surface area contributed by atoms with Crippen LogP contribution in [0.15, 0.2) is 0 Å². The average Bonchev–Trinajstić information content (AvgIpc) is 1.27. The Morgan fingerprint density at radius 1 is 0.692 bits per heavy atom. The number of rotatable bonds is 0. The fraction of sp³-hybridized carbons (Fsp3) is 1.00. The predicted octanol–water partition coefficient (Wildman–Crippen LogP) is -3.85. The molecule has 0 aromatic carbocycles. The van der Waals surface area contributed by atoms with Crippen molar-refractivity contribution in [3.05, 3.63) is 0 Å². The van der Waals surface area contributed by atoms with E-state index >= 15 is 0 Å². The highest BCUT2D eigenvalue weighted by atomic mass is 17.4. The van der Waals surface area contributed by atoms with Gasteiger partial charge in [-0.3, -0.25) is 0 Å². The zero-order chi connectivity index (χ0) is 7.21. The highest BCUT2D eigenvalue weighted by molar-refractivity contribution is 3.87. The number of quaternary nitrogens is 1. The van der Waals surface area contributed by atoms with Crippen molar-refractivity contribution in [2.24, 2.45) is 0 Å². The summed E-state index contributed by atoms with van der Waals surface area (Å²) in [7, 11) is 8.50. The smallest absolute Gasteiger partial charge is 0.0675 e. The quantitative estimate of drug-likeness (QED) is 0.236. The molecule has 0 unspecified atom stereocenters. The lowest BCUT2D eigenvalue weighted by Gasteiger charge is -2.14. The van der Waals surface area contributed by atoms with E-state index in [1.807, 2.05) is 0 Å². The second-order valence-corrected chi connectivity index (χ2v) is 2.76. The minimum Gasteiger partial charge on any atom is -0.412 e. The van der Waals surface area contributed by atoms with Gasteiger partial charge in [-0.1, -0.05) is 5.04 Å². The highest BCUT2D eigenvalue weighted by Gasteiger charge is 1.88. The van der Waals surface area contributed by atoms with Crippen LogP contribution < -0.4 is 0 Å². The second-order valence-electron chi connectivity index (χ2n) is 2.76. The summed E-state index contributed by atoms with van der Waals surface area (Å²) in [5.74, 6) is 0. The summed E-state index contributed by atoms with van der Waals surface area (Å²) in [6, 6.07) is 0. The highest BCUT2D eigenvalue weighted by Crippen LogP contribution is 1.73. The molecule has 0 saturated heterocycles. The van der Waals surface area contributed by atoms with Crippen molar-refractivity contribution in [3.63, 3.8) is 0 Å².